The van der Waals surface area contributed by atoms with Gasteiger partial charge in [-0.1, -0.05) is 0 Å². The first-order chi connectivity index (χ1) is 3.81. The van der Waals surface area contributed by atoms with E-state index >= 15 is 0 Å². The molecule has 0 aliphatic carbocycles. The van der Waals surface area contributed by atoms with Crippen LogP contribution >= 0.6 is 11.6 Å². The zero-order valence-corrected chi connectivity index (χ0v) is 6.24. The minimum atomic E-state index is 0.369. The summed E-state index contributed by atoms with van der Waals surface area (Å²) in [6, 6.07) is 0. The fourth-order valence-corrected chi connectivity index (χ4v) is 0.637. The van der Waals surface area contributed by atoms with Crippen LogP contribution in [0.4, 0.5) is 0 Å². The average Bonchev–Trinajstić information content (AvgIpc) is 1.83. The Morgan fingerprint density at radius 3 is 2.62 bits per heavy atom. The smallest absolute Gasteiger partial charge is 0.0543 e. The molecule has 0 fully saturated rings. The largest absolute Gasteiger partial charge is 0.382 e. The molecule has 0 aromatic heterocycles. The quantitative estimate of drug-likeness (QED) is 0.538. The number of methoxy groups -OCH3 is 1. The van der Waals surface area contributed by atoms with Gasteiger partial charge in [0.15, 0.2) is 0 Å². The van der Waals surface area contributed by atoms with Crippen LogP contribution in [0.5, 0.6) is 0 Å². The summed E-state index contributed by atoms with van der Waals surface area (Å²) in [7, 11) is 1.72. The zero-order valence-electron chi connectivity index (χ0n) is 5.48. The summed E-state index contributed by atoms with van der Waals surface area (Å²) < 4.78 is 4.99. The SMILES string of the molecule is COC(C)CCCCl. The number of halogens is 1. The van der Waals surface area contributed by atoms with Crippen molar-refractivity contribution in [1.82, 2.24) is 0 Å². The zero-order chi connectivity index (χ0) is 6.41. The lowest BCUT2D eigenvalue weighted by Crippen LogP contribution is -2.03. The molecule has 0 N–H and O–H groups in total. The molecule has 0 aliphatic rings. The Morgan fingerprint density at radius 2 is 2.25 bits per heavy atom. The van der Waals surface area contributed by atoms with Crippen molar-refractivity contribution in [3.05, 3.63) is 0 Å². The maximum Gasteiger partial charge on any atom is 0.0543 e. The van der Waals surface area contributed by atoms with Gasteiger partial charge in [-0.3, -0.25) is 0 Å². The standard InChI is InChI=1S/C6H13ClO/c1-6(8-2)4-3-5-7/h6H,3-5H2,1-2H3. The molecule has 0 spiro atoms. The fourth-order valence-electron chi connectivity index (χ4n) is 0.482. The molecule has 0 amide bonds. The fraction of sp³-hybridized carbons (Fsp3) is 1.00. The highest BCUT2D eigenvalue weighted by molar-refractivity contribution is 6.17. The topological polar surface area (TPSA) is 9.23 Å². The molecule has 0 radical (unpaired) electrons. The minimum Gasteiger partial charge on any atom is -0.382 e. The Labute approximate surface area is 56.0 Å². The van der Waals surface area contributed by atoms with Gasteiger partial charge >= 0.3 is 0 Å². The third-order valence-electron chi connectivity index (χ3n) is 1.15. The molecular weight excluding hydrogens is 124 g/mol. The third kappa shape index (κ3) is 4.41. The molecule has 0 aromatic carbocycles. The Morgan fingerprint density at radius 1 is 1.62 bits per heavy atom. The molecule has 1 nitrogen and oxygen atoms in total. The summed E-state index contributed by atoms with van der Waals surface area (Å²) in [4.78, 5) is 0. The molecule has 1 unspecified atom stereocenters. The van der Waals surface area contributed by atoms with Crippen LogP contribution < -0.4 is 0 Å². The predicted molar refractivity (Wildman–Crippen MR) is 36.4 cm³/mol. The van der Waals surface area contributed by atoms with E-state index in [9.17, 15) is 0 Å². The molecule has 0 saturated carbocycles. The highest BCUT2D eigenvalue weighted by Crippen LogP contribution is 1.99. The molecule has 0 saturated heterocycles. The molecule has 0 aromatic rings. The van der Waals surface area contributed by atoms with Crippen LogP contribution in [0.1, 0.15) is 19.8 Å². The van der Waals surface area contributed by atoms with Crippen LogP contribution in [0.2, 0.25) is 0 Å². The van der Waals surface area contributed by atoms with Crippen molar-refractivity contribution in [2.45, 2.75) is 25.9 Å². The number of alkyl halides is 1. The van der Waals surface area contributed by atoms with Gasteiger partial charge in [-0.25, -0.2) is 0 Å². The summed E-state index contributed by atoms with van der Waals surface area (Å²) in [5, 5.41) is 0. The Hall–Kier alpha value is 0.250. The van der Waals surface area contributed by atoms with Gasteiger partial charge in [-0.15, -0.1) is 11.6 Å². The van der Waals surface area contributed by atoms with Crippen molar-refractivity contribution < 1.29 is 4.74 Å². The molecular formula is C6H13ClO. The van der Waals surface area contributed by atoms with Crippen LogP contribution in [-0.2, 0) is 4.74 Å². The molecule has 1 atom stereocenters. The molecule has 8 heavy (non-hydrogen) atoms. The first-order valence-electron chi connectivity index (χ1n) is 2.90. The van der Waals surface area contributed by atoms with Gasteiger partial charge in [-0.05, 0) is 19.8 Å². The normalized spacial score (nSPS) is 13.9. The van der Waals surface area contributed by atoms with Crippen LogP contribution in [0.25, 0.3) is 0 Å². The van der Waals surface area contributed by atoms with Crippen molar-refractivity contribution in [1.29, 1.82) is 0 Å². The van der Waals surface area contributed by atoms with Crippen molar-refractivity contribution in [2.24, 2.45) is 0 Å². The number of ether oxygens (including phenoxy) is 1. The minimum absolute atomic E-state index is 0.369. The van der Waals surface area contributed by atoms with Gasteiger partial charge in [0.05, 0.1) is 6.10 Å². The van der Waals surface area contributed by atoms with Crippen LogP contribution in [0.15, 0.2) is 0 Å². The molecule has 0 heterocycles. The van der Waals surface area contributed by atoms with E-state index in [1.54, 1.807) is 7.11 Å². The monoisotopic (exact) mass is 136 g/mol. The highest BCUT2D eigenvalue weighted by Gasteiger charge is 1.95. The Kier molecular flexibility index (Phi) is 5.56. The van der Waals surface area contributed by atoms with Gasteiger partial charge in [0.1, 0.15) is 0 Å². The first kappa shape index (κ1) is 8.25. The Bertz CT molecular complexity index is 47.8. The van der Waals surface area contributed by atoms with Crippen LogP contribution in [0.3, 0.4) is 0 Å². The van der Waals surface area contributed by atoms with E-state index in [0.29, 0.717) is 6.10 Å². The van der Waals surface area contributed by atoms with E-state index in [0.717, 1.165) is 18.7 Å². The summed E-state index contributed by atoms with van der Waals surface area (Å²) in [5.41, 5.74) is 0. The molecule has 0 rings (SSSR count). The van der Waals surface area contributed by atoms with Crippen molar-refractivity contribution >= 4 is 11.6 Å². The number of hydrogen-bond acceptors (Lipinski definition) is 1. The lowest BCUT2D eigenvalue weighted by molar-refractivity contribution is 0.110. The van der Waals surface area contributed by atoms with Gasteiger partial charge in [0, 0.05) is 13.0 Å². The Balaban J connectivity index is 2.86. The van der Waals surface area contributed by atoms with E-state index in [1.807, 2.05) is 6.92 Å². The second kappa shape index (κ2) is 5.39. The number of hydrogen-bond donors (Lipinski definition) is 0. The van der Waals surface area contributed by atoms with E-state index in [4.69, 9.17) is 16.3 Å². The van der Waals surface area contributed by atoms with E-state index in [2.05, 4.69) is 0 Å². The lowest BCUT2D eigenvalue weighted by atomic mass is 10.2. The highest BCUT2D eigenvalue weighted by atomic mass is 35.5. The van der Waals surface area contributed by atoms with Crippen LogP contribution in [0, 0.1) is 0 Å². The number of rotatable bonds is 4. The van der Waals surface area contributed by atoms with Gasteiger partial charge in [0.25, 0.3) is 0 Å². The lowest BCUT2D eigenvalue weighted by Gasteiger charge is -2.05. The average molecular weight is 137 g/mol. The maximum atomic E-state index is 5.45. The summed E-state index contributed by atoms with van der Waals surface area (Å²) in [6.45, 7) is 2.05. The molecule has 2 heteroatoms. The van der Waals surface area contributed by atoms with E-state index < -0.39 is 0 Å². The van der Waals surface area contributed by atoms with E-state index in [1.165, 1.54) is 0 Å². The first-order valence-corrected chi connectivity index (χ1v) is 3.43. The van der Waals surface area contributed by atoms with Gasteiger partial charge in [0.2, 0.25) is 0 Å². The molecule has 50 valence electrons. The van der Waals surface area contributed by atoms with Gasteiger partial charge in [-0.2, -0.15) is 0 Å². The predicted octanol–water partition coefficient (Wildman–Crippen LogP) is 2.04. The summed E-state index contributed by atoms with van der Waals surface area (Å²) in [6.07, 6.45) is 2.49. The van der Waals surface area contributed by atoms with Gasteiger partial charge < -0.3 is 4.74 Å². The van der Waals surface area contributed by atoms with E-state index in [-0.39, 0.29) is 0 Å². The molecule has 0 bridgehead atoms. The van der Waals surface area contributed by atoms with Crippen LogP contribution in [-0.4, -0.2) is 19.1 Å². The second-order valence-corrected chi connectivity index (χ2v) is 2.26. The third-order valence-corrected chi connectivity index (χ3v) is 1.41. The van der Waals surface area contributed by atoms with Crippen molar-refractivity contribution in [3.63, 3.8) is 0 Å². The maximum absolute atomic E-state index is 5.45. The van der Waals surface area contributed by atoms with Crippen molar-refractivity contribution in [3.8, 4) is 0 Å². The second-order valence-electron chi connectivity index (χ2n) is 1.88. The van der Waals surface area contributed by atoms with Crippen molar-refractivity contribution in [2.75, 3.05) is 13.0 Å². The summed E-state index contributed by atoms with van der Waals surface area (Å²) >= 11 is 5.45. The summed E-state index contributed by atoms with van der Waals surface area (Å²) in [5.74, 6) is 0.744. The molecule has 0 aliphatic heterocycles.